The van der Waals surface area contributed by atoms with E-state index in [1.807, 2.05) is 0 Å². The minimum Gasteiger partial charge on any atom is -0.392 e. The first kappa shape index (κ1) is 14.8. The molecule has 0 saturated heterocycles. The summed E-state index contributed by atoms with van der Waals surface area (Å²) in [4.78, 5) is -0.00593. The number of nitrogens with zero attached hydrogens (tertiary/aromatic N) is 1. The summed E-state index contributed by atoms with van der Waals surface area (Å²) in [6.07, 6.45) is 0.649. The summed E-state index contributed by atoms with van der Waals surface area (Å²) in [6.45, 7) is 2.43. The number of sulfonamides is 1. The third kappa shape index (κ3) is 4.42. The second kappa shape index (κ2) is 6.37. The molecule has 0 heterocycles. The van der Waals surface area contributed by atoms with Crippen molar-refractivity contribution in [3.63, 3.8) is 0 Å². The molecule has 2 N–H and O–H groups in total. The summed E-state index contributed by atoms with van der Waals surface area (Å²) < 4.78 is 29.7. The third-order valence-electron chi connectivity index (χ3n) is 2.10. The van der Waals surface area contributed by atoms with Crippen molar-refractivity contribution in [1.29, 1.82) is 0 Å². The molecule has 90 valence electrons. The molecule has 0 rings (SSSR count). The largest absolute Gasteiger partial charge is 0.392 e. The first-order chi connectivity index (χ1) is 6.84. The van der Waals surface area contributed by atoms with Crippen LogP contribution in [0.4, 0.5) is 0 Å². The second-order valence-corrected chi connectivity index (χ2v) is 6.09. The Labute approximate surface area is 96.6 Å². The molecule has 0 amide bonds. The van der Waals surface area contributed by atoms with E-state index in [-0.39, 0.29) is 4.99 Å². The summed E-state index contributed by atoms with van der Waals surface area (Å²) in [7, 11) is -0.318. The van der Waals surface area contributed by atoms with Crippen molar-refractivity contribution in [2.45, 2.75) is 18.6 Å². The summed E-state index contributed by atoms with van der Waals surface area (Å²) in [6, 6.07) is 0. The maximum Gasteiger partial charge on any atom is 0.222 e. The highest BCUT2D eigenvalue weighted by Crippen LogP contribution is 2.07. The van der Waals surface area contributed by atoms with Gasteiger partial charge in [-0.3, -0.25) is 0 Å². The van der Waals surface area contributed by atoms with Gasteiger partial charge in [0.15, 0.2) is 0 Å². The molecule has 0 saturated carbocycles. The molecule has 0 spiro atoms. The van der Waals surface area contributed by atoms with Gasteiger partial charge in [-0.25, -0.2) is 12.7 Å². The van der Waals surface area contributed by atoms with Gasteiger partial charge in [-0.2, -0.15) is 0 Å². The van der Waals surface area contributed by atoms with Crippen LogP contribution in [0, 0.1) is 0 Å². The topological polar surface area (TPSA) is 72.6 Å². The molecule has 0 aliphatic carbocycles. The molecule has 0 aliphatic rings. The third-order valence-corrected chi connectivity index (χ3v) is 4.81. The van der Waals surface area contributed by atoms with Gasteiger partial charge < -0.3 is 10.5 Å². The van der Waals surface area contributed by atoms with Crippen LogP contribution in [-0.4, -0.2) is 50.3 Å². The zero-order chi connectivity index (χ0) is 12.1. The van der Waals surface area contributed by atoms with Crippen LogP contribution in [0.2, 0.25) is 0 Å². The molecule has 0 aliphatic heterocycles. The van der Waals surface area contributed by atoms with E-state index in [9.17, 15) is 8.42 Å². The molecule has 1 atom stereocenters. The smallest absolute Gasteiger partial charge is 0.222 e. The Bertz CT molecular complexity index is 303. The van der Waals surface area contributed by atoms with E-state index in [0.29, 0.717) is 19.6 Å². The quantitative estimate of drug-likeness (QED) is 0.510. The van der Waals surface area contributed by atoms with Crippen molar-refractivity contribution in [3.05, 3.63) is 0 Å². The van der Waals surface area contributed by atoms with E-state index >= 15 is 0 Å². The van der Waals surface area contributed by atoms with Gasteiger partial charge in [0.25, 0.3) is 0 Å². The molecule has 0 radical (unpaired) electrons. The SMILES string of the molecule is COCCCN(C)S(=O)(=O)C(C)C(N)=S. The Kier molecular flexibility index (Phi) is 6.26. The van der Waals surface area contributed by atoms with Crippen LogP contribution >= 0.6 is 12.2 Å². The van der Waals surface area contributed by atoms with Gasteiger partial charge in [0.05, 0.1) is 4.99 Å². The van der Waals surface area contributed by atoms with E-state index in [1.165, 1.54) is 18.3 Å². The number of ether oxygens (including phenoxy) is 1. The highest BCUT2D eigenvalue weighted by Gasteiger charge is 2.27. The van der Waals surface area contributed by atoms with Gasteiger partial charge in [-0.05, 0) is 13.3 Å². The molecular weight excluding hydrogens is 236 g/mol. The zero-order valence-electron chi connectivity index (χ0n) is 9.26. The fourth-order valence-corrected chi connectivity index (χ4v) is 2.56. The van der Waals surface area contributed by atoms with Crippen molar-refractivity contribution in [3.8, 4) is 0 Å². The fraction of sp³-hybridized carbons (Fsp3) is 0.875. The second-order valence-electron chi connectivity index (χ2n) is 3.26. The van der Waals surface area contributed by atoms with Crippen LogP contribution in [-0.2, 0) is 14.8 Å². The lowest BCUT2D eigenvalue weighted by Gasteiger charge is -2.20. The minimum absolute atomic E-state index is 0.00593. The molecule has 15 heavy (non-hydrogen) atoms. The molecule has 0 bridgehead atoms. The number of thiocarbonyl (C=S) groups is 1. The first-order valence-electron chi connectivity index (χ1n) is 4.57. The maximum absolute atomic E-state index is 11.8. The molecule has 1 unspecified atom stereocenters. The number of methoxy groups -OCH3 is 1. The van der Waals surface area contributed by atoms with E-state index in [2.05, 4.69) is 12.2 Å². The predicted molar refractivity (Wildman–Crippen MR) is 64.3 cm³/mol. The van der Waals surface area contributed by atoms with Crippen LogP contribution in [0.5, 0.6) is 0 Å². The average molecular weight is 254 g/mol. The van der Waals surface area contributed by atoms with Gasteiger partial charge >= 0.3 is 0 Å². The van der Waals surface area contributed by atoms with Crippen molar-refractivity contribution >= 4 is 27.2 Å². The van der Waals surface area contributed by atoms with E-state index < -0.39 is 15.3 Å². The van der Waals surface area contributed by atoms with Crippen molar-refractivity contribution in [2.24, 2.45) is 5.73 Å². The maximum atomic E-state index is 11.8. The van der Waals surface area contributed by atoms with E-state index in [1.54, 1.807) is 7.11 Å². The van der Waals surface area contributed by atoms with Crippen molar-refractivity contribution in [1.82, 2.24) is 4.31 Å². The molecule has 7 heteroatoms. The van der Waals surface area contributed by atoms with Gasteiger partial charge in [0.1, 0.15) is 5.25 Å². The first-order valence-corrected chi connectivity index (χ1v) is 6.48. The minimum atomic E-state index is -3.41. The predicted octanol–water partition coefficient (Wildman–Crippen LogP) is -0.0409. The van der Waals surface area contributed by atoms with Crippen molar-refractivity contribution < 1.29 is 13.2 Å². The summed E-state index contributed by atoms with van der Waals surface area (Å²) in [5.74, 6) is 0. The van der Waals surface area contributed by atoms with Crippen LogP contribution in [0.25, 0.3) is 0 Å². The van der Waals surface area contributed by atoms with Gasteiger partial charge in [0, 0.05) is 27.3 Å². The van der Waals surface area contributed by atoms with Crippen LogP contribution in [0.15, 0.2) is 0 Å². The fourth-order valence-electron chi connectivity index (χ4n) is 0.975. The van der Waals surface area contributed by atoms with E-state index in [0.717, 1.165) is 0 Å². The molecular formula is C8H18N2O3S2. The Morgan fingerprint density at radius 3 is 2.53 bits per heavy atom. The van der Waals surface area contributed by atoms with Crippen LogP contribution in [0.1, 0.15) is 13.3 Å². The van der Waals surface area contributed by atoms with Crippen molar-refractivity contribution in [2.75, 3.05) is 27.3 Å². The Morgan fingerprint density at radius 2 is 2.13 bits per heavy atom. The Morgan fingerprint density at radius 1 is 1.60 bits per heavy atom. The summed E-state index contributed by atoms with van der Waals surface area (Å²) >= 11 is 4.67. The lowest BCUT2D eigenvalue weighted by molar-refractivity contribution is 0.189. The van der Waals surface area contributed by atoms with Crippen LogP contribution in [0.3, 0.4) is 0 Å². The summed E-state index contributed by atoms with van der Waals surface area (Å²) in [5.41, 5.74) is 5.32. The zero-order valence-corrected chi connectivity index (χ0v) is 10.9. The number of hydrogen-bond acceptors (Lipinski definition) is 4. The summed E-state index contributed by atoms with van der Waals surface area (Å²) in [5, 5.41) is -0.819. The lowest BCUT2D eigenvalue weighted by atomic mass is 10.4. The van der Waals surface area contributed by atoms with Crippen LogP contribution < -0.4 is 5.73 Å². The monoisotopic (exact) mass is 254 g/mol. The highest BCUT2D eigenvalue weighted by atomic mass is 32.2. The van der Waals surface area contributed by atoms with E-state index in [4.69, 9.17) is 10.5 Å². The standard InChI is InChI=1S/C8H18N2O3S2/c1-7(8(9)14)15(11,12)10(2)5-4-6-13-3/h7H,4-6H2,1-3H3,(H2,9,14). The normalized spacial score (nSPS) is 14.1. The molecule has 0 aromatic carbocycles. The van der Waals surface area contributed by atoms with Gasteiger partial charge in [-0.15, -0.1) is 0 Å². The lowest BCUT2D eigenvalue weighted by Crippen LogP contribution is -2.41. The van der Waals surface area contributed by atoms with Gasteiger partial charge in [0.2, 0.25) is 10.0 Å². The molecule has 0 aromatic rings. The average Bonchev–Trinajstić information content (AvgIpc) is 2.16. The molecule has 5 nitrogen and oxygen atoms in total. The number of nitrogens with two attached hydrogens (primary N) is 1. The Hall–Kier alpha value is -0.240. The Balaban J connectivity index is 4.39. The highest BCUT2D eigenvalue weighted by molar-refractivity contribution is 7.92. The molecule has 0 aromatic heterocycles. The molecule has 0 fully saturated rings. The van der Waals surface area contributed by atoms with Gasteiger partial charge in [-0.1, -0.05) is 12.2 Å². The number of rotatable bonds is 7. The number of hydrogen-bond donors (Lipinski definition) is 1.